The number of carbonyl (C=O) groups excluding carboxylic acids is 7. The molecule has 0 spiro atoms. The lowest BCUT2D eigenvalue weighted by Crippen LogP contribution is -2.59. The Morgan fingerprint density at radius 1 is 0.593 bits per heavy atom. The Morgan fingerprint density at radius 2 is 1.12 bits per heavy atom. The molecule has 0 heterocycles. The lowest BCUT2D eigenvalue weighted by Gasteiger charge is -2.26. The molecule has 0 aromatic heterocycles. The molecule has 7 amide bonds. The molecule has 0 aliphatic carbocycles. The smallest absolute Gasteiger partial charge is 0.326 e. The topological polar surface area (TPSA) is 327 Å². The molecule has 0 bridgehead atoms. The standard InChI is InChI=1S/C40H59N9O10/c1-22(2)33(49-36(54)28(42)20-26-13-15-27(50)16-14-26)39(57)45-23(3)34(52)44-24(4)35(53)46-29(17-18-32(43)51)37(55)48-31(21-25-10-6-5-7-11-25)38(56)47-30(40(58)59)12-8-9-19-41/h5-7,10-11,13-16,22-24,28-31,33,50H,8-9,12,17-21,41-42H2,1-4H3,(H2,43,51)(H,44,52)(H,45,57)(H,46,53)(H,47,56)(H,48,55)(H,49,54)(H,58,59)/t23-,24-,28-,29-,30-,31-,33-/m0/s1. The van der Waals surface area contributed by atoms with Crippen LogP contribution < -0.4 is 49.1 Å². The van der Waals surface area contributed by atoms with E-state index in [1.807, 2.05) is 0 Å². The van der Waals surface area contributed by atoms with E-state index in [-0.39, 0.29) is 37.9 Å². The number of carboxylic acid groups (broad SMARTS) is 1. The lowest BCUT2D eigenvalue weighted by molar-refractivity contribution is -0.142. The van der Waals surface area contributed by atoms with Gasteiger partial charge in [-0.3, -0.25) is 33.6 Å². The van der Waals surface area contributed by atoms with Gasteiger partial charge >= 0.3 is 5.97 Å². The number of primary amides is 1. The molecule has 19 heteroatoms. The minimum Gasteiger partial charge on any atom is -0.508 e. The molecular weight excluding hydrogens is 766 g/mol. The first-order valence-electron chi connectivity index (χ1n) is 19.4. The van der Waals surface area contributed by atoms with Crippen LogP contribution >= 0.6 is 0 Å². The Hall–Kier alpha value is -6.08. The van der Waals surface area contributed by atoms with Gasteiger partial charge in [-0.25, -0.2) is 4.79 Å². The number of aromatic hydroxyl groups is 1. The largest absolute Gasteiger partial charge is 0.508 e. The highest BCUT2D eigenvalue weighted by atomic mass is 16.4. The van der Waals surface area contributed by atoms with Gasteiger partial charge < -0.3 is 59.3 Å². The quantitative estimate of drug-likeness (QED) is 0.0515. The van der Waals surface area contributed by atoms with E-state index in [2.05, 4.69) is 31.9 Å². The molecule has 0 unspecified atom stereocenters. The summed E-state index contributed by atoms with van der Waals surface area (Å²) in [5, 5.41) is 34.3. The second-order valence-electron chi connectivity index (χ2n) is 14.7. The number of aliphatic carboxylic acids is 1. The Kier molecular flexibility index (Phi) is 20.5. The maximum atomic E-state index is 13.7. The Bertz CT molecular complexity index is 1740. The van der Waals surface area contributed by atoms with E-state index in [0.29, 0.717) is 30.5 Å². The third-order valence-corrected chi connectivity index (χ3v) is 9.27. The first-order valence-corrected chi connectivity index (χ1v) is 19.4. The summed E-state index contributed by atoms with van der Waals surface area (Å²) >= 11 is 0. The van der Waals surface area contributed by atoms with E-state index in [1.165, 1.54) is 26.0 Å². The number of hydrogen-bond acceptors (Lipinski definition) is 11. The van der Waals surface area contributed by atoms with Crippen molar-refractivity contribution in [2.24, 2.45) is 23.1 Å². The van der Waals surface area contributed by atoms with E-state index in [4.69, 9.17) is 17.2 Å². The highest BCUT2D eigenvalue weighted by Crippen LogP contribution is 2.12. The maximum Gasteiger partial charge on any atom is 0.326 e. The van der Waals surface area contributed by atoms with Crippen molar-refractivity contribution < 1.29 is 48.6 Å². The fourth-order valence-electron chi connectivity index (χ4n) is 5.75. The van der Waals surface area contributed by atoms with Crippen molar-refractivity contribution in [1.82, 2.24) is 31.9 Å². The van der Waals surface area contributed by atoms with Crippen LogP contribution in [0, 0.1) is 5.92 Å². The van der Waals surface area contributed by atoms with Crippen LogP contribution in [0.5, 0.6) is 5.75 Å². The van der Waals surface area contributed by atoms with Crippen LogP contribution in [0.4, 0.5) is 0 Å². The number of phenols is 1. The average Bonchev–Trinajstić information content (AvgIpc) is 3.18. The van der Waals surface area contributed by atoms with Gasteiger partial charge in [0.2, 0.25) is 41.4 Å². The van der Waals surface area contributed by atoms with Crippen molar-refractivity contribution in [2.45, 2.75) is 115 Å². The molecule has 7 atom stereocenters. The fourth-order valence-corrected chi connectivity index (χ4v) is 5.75. The molecule has 2 rings (SSSR count). The molecule has 2 aromatic rings. The number of benzene rings is 2. The van der Waals surface area contributed by atoms with Crippen LogP contribution in [0.2, 0.25) is 0 Å². The number of amides is 7. The monoisotopic (exact) mass is 825 g/mol. The molecular formula is C40H59N9O10. The molecule has 324 valence electrons. The summed E-state index contributed by atoms with van der Waals surface area (Å²) in [7, 11) is 0. The van der Waals surface area contributed by atoms with Gasteiger partial charge in [0.15, 0.2) is 0 Å². The molecule has 0 saturated carbocycles. The van der Waals surface area contributed by atoms with E-state index < -0.39 is 95.5 Å². The Morgan fingerprint density at radius 3 is 1.68 bits per heavy atom. The molecule has 59 heavy (non-hydrogen) atoms. The third kappa shape index (κ3) is 17.5. The van der Waals surface area contributed by atoms with Crippen LogP contribution in [0.1, 0.15) is 70.9 Å². The Balaban J connectivity index is 2.12. The van der Waals surface area contributed by atoms with Crippen LogP contribution in [0.25, 0.3) is 0 Å². The van der Waals surface area contributed by atoms with E-state index in [1.54, 1.807) is 56.3 Å². The van der Waals surface area contributed by atoms with Crippen molar-refractivity contribution in [1.29, 1.82) is 0 Å². The molecule has 2 aromatic carbocycles. The van der Waals surface area contributed by atoms with Crippen molar-refractivity contribution in [3.05, 3.63) is 65.7 Å². The van der Waals surface area contributed by atoms with Gasteiger partial charge in [0.05, 0.1) is 6.04 Å². The summed E-state index contributed by atoms with van der Waals surface area (Å²) in [6.45, 7) is 6.39. The first-order chi connectivity index (χ1) is 27.8. The van der Waals surface area contributed by atoms with Gasteiger partial charge in [-0.2, -0.15) is 0 Å². The molecule has 0 aliphatic heterocycles. The zero-order chi connectivity index (χ0) is 44.2. The molecule has 0 saturated heterocycles. The van der Waals surface area contributed by atoms with E-state index >= 15 is 0 Å². The van der Waals surface area contributed by atoms with Crippen molar-refractivity contribution in [2.75, 3.05) is 6.54 Å². The summed E-state index contributed by atoms with van der Waals surface area (Å²) in [6, 6.07) is 6.19. The summed E-state index contributed by atoms with van der Waals surface area (Å²) in [5.74, 6) is -7.02. The summed E-state index contributed by atoms with van der Waals surface area (Å²) in [4.78, 5) is 103. The number of nitrogens with one attached hydrogen (secondary N) is 6. The zero-order valence-electron chi connectivity index (χ0n) is 33.9. The predicted molar refractivity (Wildman–Crippen MR) is 217 cm³/mol. The van der Waals surface area contributed by atoms with Gasteiger partial charge in [0.25, 0.3) is 0 Å². The predicted octanol–water partition coefficient (Wildman–Crippen LogP) is -1.41. The number of carboxylic acids is 1. The summed E-state index contributed by atoms with van der Waals surface area (Å²) < 4.78 is 0. The van der Waals surface area contributed by atoms with E-state index in [0.717, 1.165) is 0 Å². The van der Waals surface area contributed by atoms with Crippen LogP contribution in [0.15, 0.2) is 54.6 Å². The van der Waals surface area contributed by atoms with Crippen molar-refractivity contribution in [3.8, 4) is 5.75 Å². The third-order valence-electron chi connectivity index (χ3n) is 9.27. The second kappa shape index (κ2) is 24.6. The minimum atomic E-state index is -1.42. The normalized spacial score (nSPS) is 14.6. The number of rotatable bonds is 25. The number of phenolic OH excluding ortho intramolecular Hbond substituents is 1. The Labute approximate surface area is 343 Å². The van der Waals surface area contributed by atoms with Crippen LogP contribution in [-0.4, -0.2) is 106 Å². The van der Waals surface area contributed by atoms with Crippen LogP contribution in [-0.2, 0) is 51.2 Å². The van der Waals surface area contributed by atoms with Gasteiger partial charge in [-0.1, -0.05) is 56.3 Å². The average molecular weight is 826 g/mol. The van der Waals surface area contributed by atoms with Gasteiger partial charge in [0.1, 0.15) is 42.0 Å². The zero-order valence-corrected chi connectivity index (χ0v) is 33.9. The van der Waals surface area contributed by atoms with Crippen molar-refractivity contribution >= 4 is 47.3 Å². The number of unbranched alkanes of at least 4 members (excludes halogenated alkanes) is 1. The maximum absolute atomic E-state index is 13.7. The molecule has 0 radical (unpaired) electrons. The highest BCUT2D eigenvalue weighted by molar-refractivity contribution is 5.97. The number of nitrogens with two attached hydrogens (primary N) is 3. The second-order valence-corrected chi connectivity index (χ2v) is 14.7. The van der Waals surface area contributed by atoms with Gasteiger partial charge in [-0.15, -0.1) is 0 Å². The highest BCUT2D eigenvalue weighted by Gasteiger charge is 2.32. The van der Waals surface area contributed by atoms with E-state index in [9.17, 15) is 48.6 Å². The van der Waals surface area contributed by atoms with Gasteiger partial charge in [-0.05, 0) is 81.7 Å². The van der Waals surface area contributed by atoms with Crippen LogP contribution in [0.3, 0.4) is 0 Å². The molecule has 0 aliphatic rings. The molecule has 14 N–H and O–H groups in total. The minimum absolute atomic E-state index is 0.0476. The van der Waals surface area contributed by atoms with Gasteiger partial charge in [0, 0.05) is 12.8 Å². The lowest BCUT2D eigenvalue weighted by atomic mass is 10.0. The first kappa shape index (κ1) is 49.1. The number of hydrogen-bond donors (Lipinski definition) is 11. The summed E-state index contributed by atoms with van der Waals surface area (Å²) in [6.07, 6.45) is 0.534. The molecule has 0 fully saturated rings. The fraction of sp³-hybridized carbons (Fsp3) is 0.500. The SMILES string of the molecule is CC(C)[C@H](NC(=O)[C@@H](N)Cc1ccc(O)cc1)C(=O)N[C@@H](C)C(=O)N[C@@H](C)C(=O)N[C@@H](CCC(N)=O)C(=O)N[C@@H](Cc1ccccc1)C(=O)N[C@@H](CCCCN)C(=O)O. The summed E-state index contributed by atoms with van der Waals surface area (Å²) in [5.41, 5.74) is 18.3. The van der Waals surface area contributed by atoms with Crippen molar-refractivity contribution in [3.63, 3.8) is 0 Å². The molecule has 19 nitrogen and oxygen atoms in total. The number of carbonyl (C=O) groups is 8.